The molecule has 1 aliphatic rings. The molecule has 1 rings (SSSR count). The van der Waals surface area contributed by atoms with Crippen LogP contribution in [0.3, 0.4) is 0 Å². The maximum atomic E-state index is 5.63. The van der Waals surface area contributed by atoms with Crippen molar-refractivity contribution >= 4 is 0 Å². The summed E-state index contributed by atoms with van der Waals surface area (Å²) in [5.74, 6) is 0. The summed E-state index contributed by atoms with van der Waals surface area (Å²) >= 11 is 0. The van der Waals surface area contributed by atoms with Gasteiger partial charge in [-0.1, -0.05) is 6.92 Å². The number of nitrogens with two attached hydrogens (primary N) is 1. The Morgan fingerprint density at radius 3 is 2.78 bits per heavy atom. The fraction of sp³-hybridized carbons (Fsp3) is 1.00. The van der Waals surface area contributed by atoms with Crippen molar-refractivity contribution in [3.63, 3.8) is 0 Å². The molecule has 2 heteroatoms. The number of hydrogen-bond donors (Lipinski definition) is 1. The number of ether oxygens (including phenoxy) is 1. The molecule has 9 heavy (non-hydrogen) atoms. The van der Waals surface area contributed by atoms with Gasteiger partial charge in [-0.3, -0.25) is 0 Å². The van der Waals surface area contributed by atoms with Crippen LogP contribution in [0.2, 0.25) is 0 Å². The summed E-state index contributed by atoms with van der Waals surface area (Å²) < 4.78 is 5.41. The van der Waals surface area contributed by atoms with Crippen molar-refractivity contribution in [2.45, 2.75) is 38.3 Å². The Labute approximate surface area is 56.4 Å². The summed E-state index contributed by atoms with van der Waals surface area (Å²) in [6.07, 6.45) is 3.91. The van der Waals surface area contributed by atoms with Crippen molar-refractivity contribution in [1.82, 2.24) is 0 Å². The van der Waals surface area contributed by atoms with Crippen molar-refractivity contribution < 1.29 is 4.74 Å². The van der Waals surface area contributed by atoms with Crippen molar-refractivity contribution in [3.05, 3.63) is 0 Å². The minimum Gasteiger partial charge on any atom is -0.377 e. The van der Waals surface area contributed by atoms with Crippen LogP contribution in [0, 0.1) is 0 Å². The lowest BCUT2D eigenvalue weighted by Gasteiger charge is -2.25. The van der Waals surface area contributed by atoms with E-state index in [1.165, 1.54) is 0 Å². The van der Waals surface area contributed by atoms with Crippen LogP contribution in [0.1, 0.15) is 26.2 Å². The van der Waals surface area contributed by atoms with Crippen molar-refractivity contribution in [1.29, 1.82) is 0 Å². The van der Waals surface area contributed by atoms with Crippen LogP contribution in [0.4, 0.5) is 0 Å². The van der Waals surface area contributed by atoms with Crippen molar-refractivity contribution in [3.8, 4) is 0 Å². The fourth-order valence-electron chi connectivity index (χ4n) is 1.15. The van der Waals surface area contributed by atoms with E-state index in [4.69, 9.17) is 10.5 Å². The second-order valence-electron chi connectivity index (χ2n) is 2.70. The average Bonchev–Trinajstić information content (AvgIpc) is 1.90. The minimum absolute atomic E-state index is 0.299. The maximum absolute atomic E-state index is 5.63. The van der Waals surface area contributed by atoms with Gasteiger partial charge in [0.25, 0.3) is 0 Å². The molecule has 0 saturated carbocycles. The molecule has 1 fully saturated rings. The van der Waals surface area contributed by atoms with Gasteiger partial charge in [-0.25, -0.2) is 0 Å². The van der Waals surface area contributed by atoms with Crippen LogP contribution < -0.4 is 5.73 Å². The molecule has 0 aliphatic carbocycles. The van der Waals surface area contributed by atoms with E-state index in [0.29, 0.717) is 12.1 Å². The van der Waals surface area contributed by atoms with Gasteiger partial charge in [0.05, 0.1) is 12.7 Å². The van der Waals surface area contributed by atoms with Gasteiger partial charge in [-0.05, 0) is 19.3 Å². The molecule has 1 heterocycles. The van der Waals surface area contributed by atoms with Gasteiger partial charge < -0.3 is 10.5 Å². The molecular weight excluding hydrogens is 114 g/mol. The van der Waals surface area contributed by atoms with E-state index in [9.17, 15) is 0 Å². The Bertz CT molecular complexity index is 77.0. The average molecular weight is 129 g/mol. The zero-order valence-electron chi connectivity index (χ0n) is 5.97. The number of rotatable bonds is 1. The smallest absolute Gasteiger partial charge is 0.0621 e. The topological polar surface area (TPSA) is 35.2 Å². The molecule has 0 unspecified atom stereocenters. The summed E-state index contributed by atoms with van der Waals surface area (Å²) in [4.78, 5) is 0. The highest BCUT2D eigenvalue weighted by molar-refractivity contribution is 4.70. The molecule has 2 nitrogen and oxygen atoms in total. The third-order valence-electron chi connectivity index (χ3n) is 1.86. The van der Waals surface area contributed by atoms with Crippen molar-refractivity contribution in [2.24, 2.45) is 5.73 Å². The fourth-order valence-corrected chi connectivity index (χ4v) is 1.15. The van der Waals surface area contributed by atoms with E-state index in [1.54, 1.807) is 0 Å². The highest BCUT2D eigenvalue weighted by Gasteiger charge is 2.16. The molecule has 0 aromatic carbocycles. The molecular formula is C7H15NO. The van der Waals surface area contributed by atoms with Crippen LogP contribution in [-0.4, -0.2) is 18.8 Å². The zero-order valence-corrected chi connectivity index (χ0v) is 5.97. The Morgan fingerprint density at radius 1 is 1.56 bits per heavy atom. The Morgan fingerprint density at radius 2 is 2.33 bits per heavy atom. The second kappa shape index (κ2) is 3.18. The monoisotopic (exact) mass is 129 g/mol. The van der Waals surface area contributed by atoms with Gasteiger partial charge in [0.1, 0.15) is 0 Å². The predicted molar refractivity (Wildman–Crippen MR) is 37.2 cm³/mol. The van der Waals surface area contributed by atoms with Gasteiger partial charge >= 0.3 is 0 Å². The van der Waals surface area contributed by atoms with Crippen LogP contribution in [0.5, 0.6) is 0 Å². The summed E-state index contributed by atoms with van der Waals surface area (Å²) in [5.41, 5.74) is 5.63. The third kappa shape index (κ3) is 1.95. The Hall–Kier alpha value is -0.0800. The van der Waals surface area contributed by atoms with Gasteiger partial charge in [0, 0.05) is 6.04 Å². The first-order valence-electron chi connectivity index (χ1n) is 3.70. The molecule has 1 aliphatic heterocycles. The lowest BCUT2D eigenvalue weighted by molar-refractivity contribution is 0.00372. The highest BCUT2D eigenvalue weighted by atomic mass is 16.5. The molecule has 1 saturated heterocycles. The summed E-state index contributed by atoms with van der Waals surface area (Å²) in [7, 11) is 0. The molecule has 54 valence electrons. The first-order valence-corrected chi connectivity index (χ1v) is 3.70. The van der Waals surface area contributed by atoms with E-state index in [-0.39, 0.29) is 0 Å². The van der Waals surface area contributed by atoms with E-state index < -0.39 is 0 Å². The van der Waals surface area contributed by atoms with E-state index in [2.05, 4.69) is 6.92 Å². The van der Waals surface area contributed by atoms with Gasteiger partial charge in [-0.2, -0.15) is 0 Å². The number of hydrogen-bond acceptors (Lipinski definition) is 2. The van der Waals surface area contributed by atoms with Crippen LogP contribution in [-0.2, 0) is 4.74 Å². The molecule has 0 aromatic rings. The van der Waals surface area contributed by atoms with Crippen LogP contribution >= 0.6 is 0 Å². The first-order chi connectivity index (χ1) is 4.33. The third-order valence-corrected chi connectivity index (χ3v) is 1.86. The van der Waals surface area contributed by atoms with Gasteiger partial charge in [0.2, 0.25) is 0 Å². The van der Waals surface area contributed by atoms with Gasteiger partial charge in [-0.15, -0.1) is 0 Å². The maximum Gasteiger partial charge on any atom is 0.0621 e. The lowest BCUT2D eigenvalue weighted by Crippen LogP contribution is -2.34. The molecule has 0 radical (unpaired) electrons. The molecule has 0 spiro atoms. The summed E-state index contributed by atoms with van der Waals surface area (Å²) in [5, 5.41) is 0. The SMILES string of the molecule is CC[C@H]1CC[C@@H](N)CO1. The Kier molecular flexibility index (Phi) is 2.49. The lowest BCUT2D eigenvalue weighted by atomic mass is 10.0. The molecule has 2 N–H and O–H groups in total. The van der Waals surface area contributed by atoms with E-state index in [1.807, 2.05) is 0 Å². The minimum atomic E-state index is 0.299. The standard InChI is InChI=1S/C7H15NO/c1-2-7-4-3-6(8)5-9-7/h6-7H,2-5,8H2,1H3/t6-,7+/m1/s1. The van der Waals surface area contributed by atoms with Crippen LogP contribution in [0.25, 0.3) is 0 Å². The first kappa shape index (κ1) is 7.03. The van der Waals surface area contributed by atoms with Crippen LogP contribution in [0.15, 0.2) is 0 Å². The van der Waals surface area contributed by atoms with Crippen molar-refractivity contribution in [2.75, 3.05) is 6.61 Å². The quantitative estimate of drug-likeness (QED) is 0.571. The predicted octanol–water partition coefficient (Wildman–Crippen LogP) is 0.903. The van der Waals surface area contributed by atoms with E-state index >= 15 is 0 Å². The normalized spacial score (nSPS) is 36.7. The highest BCUT2D eigenvalue weighted by Crippen LogP contribution is 2.13. The van der Waals surface area contributed by atoms with E-state index in [0.717, 1.165) is 25.9 Å². The molecule has 0 amide bonds. The van der Waals surface area contributed by atoms with Gasteiger partial charge in [0.15, 0.2) is 0 Å². The summed E-state index contributed by atoms with van der Waals surface area (Å²) in [6, 6.07) is 0.299. The molecule has 0 bridgehead atoms. The zero-order chi connectivity index (χ0) is 6.69. The summed E-state index contributed by atoms with van der Waals surface area (Å²) in [6.45, 7) is 2.92. The largest absolute Gasteiger partial charge is 0.377 e. The molecule has 2 atom stereocenters. The molecule has 0 aromatic heterocycles. The Balaban J connectivity index is 2.18. The second-order valence-corrected chi connectivity index (χ2v) is 2.70.